The van der Waals surface area contributed by atoms with Crippen LogP contribution in [0.3, 0.4) is 0 Å². The summed E-state index contributed by atoms with van der Waals surface area (Å²) in [6.07, 6.45) is 2.51. The first-order chi connectivity index (χ1) is 14.4. The molecule has 1 amide bonds. The highest BCUT2D eigenvalue weighted by molar-refractivity contribution is 6.23. The minimum absolute atomic E-state index is 0.00861. The number of benzene rings is 2. The van der Waals surface area contributed by atoms with Crippen molar-refractivity contribution in [2.24, 2.45) is 0 Å². The van der Waals surface area contributed by atoms with Gasteiger partial charge in [-0.1, -0.05) is 25.1 Å². The van der Waals surface area contributed by atoms with E-state index in [0.29, 0.717) is 29.3 Å². The molecule has 156 valence electrons. The topological polar surface area (TPSA) is 76.1 Å². The van der Waals surface area contributed by atoms with E-state index >= 15 is 0 Å². The van der Waals surface area contributed by atoms with Crippen LogP contribution in [-0.4, -0.2) is 30.7 Å². The molecule has 2 aromatic rings. The van der Waals surface area contributed by atoms with Gasteiger partial charge in [-0.05, 0) is 61.7 Å². The number of hydrogen-bond donors (Lipinski definition) is 1. The third kappa shape index (κ3) is 3.94. The van der Waals surface area contributed by atoms with Crippen molar-refractivity contribution in [1.29, 1.82) is 0 Å². The Hall–Kier alpha value is -3.54. The Bertz CT molecular complexity index is 1030. The van der Waals surface area contributed by atoms with Crippen molar-refractivity contribution in [3.8, 4) is 11.5 Å². The first kappa shape index (κ1) is 21.2. The van der Waals surface area contributed by atoms with Gasteiger partial charge >= 0.3 is 5.97 Å². The summed E-state index contributed by atoms with van der Waals surface area (Å²) in [6.45, 7) is 5.99. The van der Waals surface area contributed by atoms with Gasteiger partial charge in [0.1, 0.15) is 0 Å². The summed E-state index contributed by atoms with van der Waals surface area (Å²) in [6, 6.07) is 12.4. The number of ether oxygens (including phenoxy) is 2. The smallest absolute Gasteiger partial charge is 0.340 e. The lowest BCUT2D eigenvalue weighted by Gasteiger charge is -2.18. The molecule has 0 radical (unpaired) electrons. The molecule has 0 atom stereocenters. The van der Waals surface area contributed by atoms with Gasteiger partial charge < -0.3 is 14.6 Å². The number of esters is 1. The molecule has 1 N–H and O–H groups in total. The zero-order valence-corrected chi connectivity index (χ0v) is 17.6. The van der Waals surface area contributed by atoms with Crippen LogP contribution in [-0.2, 0) is 20.7 Å². The van der Waals surface area contributed by atoms with E-state index < -0.39 is 5.97 Å². The molecule has 3 rings (SSSR count). The largest absolute Gasteiger partial charge is 0.504 e. The molecule has 0 bridgehead atoms. The standard InChI is InChI=1S/C24H25NO5/c1-5-16-7-10-18(11-8-16)25-15(3)22(24(28)29-4)19(23(25)27)13-17-9-12-20(26)21(14-17)30-6-2/h7-14,26H,5-6H2,1-4H3/b19-13-. The number of nitrogens with zero attached hydrogens (tertiary/aromatic N) is 1. The average Bonchev–Trinajstić information content (AvgIpc) is 2.99. The molecule has 0 unspecified atom stereocenters. The summed E-state index contributed by atoms with van der Waals surface area (Å²) in [7, 11) is 1.29. The molecule has 0 saturated heterocycles. The number of aryl methyl sites for hydroxylation is 1. The molecule has 0 fully saturated rings. The van der Waals surface area contributed by atoms with Crippen LogP contribution in [0, 0.1) is 0 Å². The first-order valence-corrected chi connectivity index (χ1v) is 9.81. The van der Waals surface area contributed by atoms with E-state index in [4.69, 9.17) is 9.47 Å². The van der Waals surface area contributed by atoms with Gasteiger partial charge in [-0.25, -0.2) is 4.79 Å². The Balaban J connectivity index is 2.09. The van der Waals surface area contributed by atoms with Crippen molar-refractivity contribution in [2.45, 2.75) is 27.2 Å². The van der Waals surface area contributed by atoms with Crippen molar-refractivity contribution in [3.63, 3.8) is 0 Å². The van der Waals surface area contributed by atoms with E-state index in [1.54, 1.807) is 25.1 Å². The highest BCUT2D eigenvalue weighted by Crippen LogP contribution is 2.36. The summed E-state index contributed by atoms with van der Waals surface area (Å²) in [5.74, 6) is -0.578. The third-order valence-corrected chi connectivity index (χ3v) is 4.99. The van der Waals surface area contributed by atoms with Crippen LogP contribution in [0.15, 0.2) is 59.3 Å². The molecule has 0 aliphatic carbocycles. The van der Waals surface area contributed by atoms with Gasteiger partial charge in [-0.2, -0.15) is 0 Å². The minimum atomic E-state index is -0.580. The fourth-order valence-corrected chi connectivity index (χ4v) is 3.43. The molecule has 0 aromatic heterocycles. The number of anilines is 1. The summed E-state index contributed by atoms with van der Waals surface area (Å²) in [5.41, 5.74) is 3.41. The van der Waals surface area contributed by atoms with E-state index in [9.17, 15) is 14.7 Å². The minimum Gasteiger partial charge on any atom is -0.504 e. The van der Waals surface area contributed by atoms with Crippen molar-refractivity contribution >= 4 is 23.6 Å². The molecule has 6 nitrogen and oxygen atoms in total. The quantitative estimate of drug-likeness (QED) is 0.573. The Morgan fingerprint density at radius 3 is 2.43 bits per heavy atom. The number of rotatable bonds is 6. The Labute approximate surface area is 176 Å². The van der Waals surface area contributed by atoms with Crippen LogP contribution >= 0.6 is 0 Å². The molecule has 30 heavy (non-hydrogen) atoms. The van der Waals surface area contributed by atoms with Crippen LogP contribution in [0.1, 0.15) is 31.9 Å². The summed E-state index contributed by atoms with van der Waals surface area (Å²) >= 11 is 0. The molecular formula is C24H25NO5. The lowest BCUT2D eigenvalue weighted by atomic mass is 10.0. The van der Waals surface area contributed by atoms with Crippen molar-refractivity contribution < 1.29 is 24.2 Å². The summed E-state index contributed by atoms with van der Waals surface area (Å²) in [5, 5.41) is 9.93. The Morgan fingerprint density at radius 1 is 1.13 bits per heavy atom. The first-order valence-electron chi connectivity index (χ1n) is 9.81. The van der Waals surface area contributed by atoms with E-state index in [2.05, 4.69) is 6.92 Å². The average molecular weight is 407 g/mol. The van der Waals surface area contributed by atoms with Gasteiger partial charge in [0.05, 0.1) is 24.9 Å². The highest BCUT2D eigenvalue weighted by Gasteiger charge is 2.37. The maximum absolute atomic E-state index is 13.3. The normalized spacial score (nSPS) is 15.1. The predicted molar refractivity (Wildman–Crippen MR) is 115 cm³/mol. The van der Waals surface area contributed by atoms with Gasteiger partial charge in [0.25, 0.3) is 5.91 Å². The fraction of sp³-hybridized carbons (Fsp3) is 0.250. The van der Waals surface area contributed by atoms with E-state index in [-0.39, 0.29) is 22.8 Å². The molecule has 6 heteroatoms. The second-order valence-electron chi connectivity index (χ2n) is 6.83. The number of phenols is 1. The Morgan fingerprint density at radius 2 is 1.83 bits per heavy atom. The molecule has 1 aliphatic heterocycles. The zero-order chi connectivity index (χ0) is 21.8. The second kappa shape index (κ2) is 8.86. The molecule has 0 saturated carbocycles. The number of allylic oxidation sites excluding steroid dienone is 1. The van der Waals surface area contributed by atoms with Crippen LogP contribution in [0.4, 0.5) is 5.69 Å². The number of methoxy groups -OCH3 is 1. The zero-order valence-electron chi connectivity index (χ0n) is 17.6. The van der Waals surface area contributed by atoms with E-state index in [1.165, 1.54) is 18.1 Å². The van der Waals surface area contributed by atoms with Crippen molar-refractivity contribution in [2.75, 3.05) is 18.6 Å². The van der Waals surface area contributed by atoms with Gasteiger partial charge in [-0.15, -0.1) is 0 Å². The SMILES string of the molecule is CCOc1cc(/C=C2\C(=O)N(c3ccc(CC)cc3)C(C)=C2C(=O)OC)ccc1O. The van der Waals surface area contributed by atoms with Gasteiger partial charge in [-0.3, -0.25) is 9.69 Å². The van der Waals surface area contributed by atoms with Gasteiger partial charge in [0.15, 0.2) is 11.5 Å². The number of hydrogen-bond acceptors (Lipinski definition) is 5. The maximum Gasteiger partial charge on any atom is 0.340 e. The molecular weight excluding hydrogens is 382 g/mol. The van der Waals surface area contributed by atoms with Crippen LogP contribution in [0.25, 0.3) is 6.08 Å². The fourth-order valence-electron chi connectivity index (χ4n) is 3.43. The van der Waals surface area contributed by atoms with Crippen molar-refractivity contribution in [1.82, 2.24) is 0 Å². The lowest BCUT2D eigenvalue weighted by molar-refractivity contribution is -0.136. The van der Waals surface area contributed by atoms with Crippen LogP contribution < -0.4 is 9.64 Å². The number of carbonyl (C=O) groups excluding carboxylic acids is 2. The molecule has 1 heterocycles. The monoisotopic (exact) mass is 407 g/mol. The Kier molecular flexibility index (Phi) is 6.26. The summed E-state index contributed by atoms with van der Waals surface area (Å²) in [4.78, 5) is 27.3. The van der Waals surface area contributed by atoms with E-state index in [1.807, 2.05) is 31.2 Å². The van der Waals surface area contributed by atoms with E-state index in [0.717, 1.165) is 12.0 Å². The number of phenolic OH excluding ortho intramolecular Hbond substituents is 1. The van der Waals surface area contributed by atoms with Gasteiger partial charge in [0.2, 0.25) is 0 Å². The molecule has 0 spiro atoms. The highest BCUT2D eigenvalue weighted by atomic mass is 16.5. The van der Waals surface area contributed by atoms with Crippen molar-refractivity contribution in [3.05, 3.63) is 70.4 Å². The maximum atomic E-state index is 13.3. The number of carbonyl (C=O) groups is 2. The van der Waals surface area contributed by atoms with Gasteiger partial charge in [0, 0.05) is 11.4 Å². The summed E-state index contributed by atoms with van der Waals surface area (Å²) < 4.78 is 10.4. The van der Waals surface area contributed by atoms with Crippen LogP contribution in [0.2, 0.25) is 0 Å². The number of aromatic hydroxyl groups is 1. The predicted octanol–water partition coefficient (Wildman–Crippen LogP) is 4.23. The lowest BCUT2D eigenvalue weighted by Crippen LogP contribution is -2.24. The van der Waals surface area contributed by atoms with Crippen LogP contribution in [0.5, 0.6) is 11.5 Å². The third-order valence-electron chi connectivity index (χ3n) is 4.99. The second-order valence-corrected chi connectivity index (χ2v) is 6.83. The molecule has 1 aliphatic rings. The number of amides is 1. The molecule has 2 aromatic carbocycles.